The standard InChI is InChI=1S/C20H21N5O3/c1-27-16-5-2-4-15(12-16)23-18-13-19(22-14-21-18)24-7-9-25(10-8-24)20(26)17-6-3-11-28-17/h2-6,11-14H,7-10H2,1H3,(H,21,22,23). The molecule has 3 aromatic rings. The molecule has 8 nitrogen and oxygen atoms in total. The predicted octanol–water partition coefficient (Wildman–Crippen LogP) is 2.78. The Morgan fingerprint density at radius 3 is 2.71 bits per heavy atom. The second kappa shape index (κ2) is 7.99. The number of nitrogens with zero attached hydrogens (tertiary/aromatic N) is 4. The molecule has 28 heavy (non-hydrogen) atoms. The van der Waals surface area contributed by atoms with Crippen molar-refractivity contribution in [2.75, 3.05) is 43.5 Å². The zero-order valence-electron chi connectivity index (χ0n) is 15.5. The molecule has 1 amide bonds. The Bertz CT molecular complexity index is 937. The molecule has 0 unspecified atom stereocenters. The molecule has 1 aromatic carbocycles. The Kier molecular flexibility index (Phi) is 5.09. The van der Waals surface area contributed by atoms with E-state index in [1.165, 1.54) is 12.6 Å². The molecule has 1 fully saturated rings. The minimum Gasteiger partial charge on any atom is -0.497 e. The summed E-state index contributed by atoms with van der Waals surface area (Å²) < 4.78 is 10.5. The highest BCUT2D eigenvalue weighted by Crippen LogP contribution is 2.22. The maximum absolute atomic E-state index is 12.4. The molecule has 0 atom stereocenters. The Balaban J connectivity index is 1.40. The van der Waals surface area contributed by atoms with Gasteiger partial charge in [-0.1, -0.05) is 6.07 Å². The van der Waals surface area contributed by atoms with Crippen molar-refractivity contribution in [3.63, 3.8) is 0 Å². The fraction of sp³-hybridized carbons (Fsp3) is 0.250. The molecular weight excluding hydrogens is 358 g/mol. The van der Waals surface area contributed by atoms with Crippen LogP contribution in [0.3, 0.4) is 0 Å². The molecule has 0 radical (unpaired) electrons. The minimum absolute atomic E-state index is 0.0762. The van der Waals surface area contributed by atoms with Crippen molar-refractivity contribution in [2.24, 2.45) is 0 Å². The van der Waals surface area contributed by atoms with Crippen LogP contribution in [0.1, 0.15) is 10.6 Å². The summed E-state index contributed by atoms with van der Waals surface area (Å²) in [4.78, 5) is 25.0. The van der Waals surface area contributed by atoms with Gasteiger partial charge in [0.1, 0.15) is 23.7 Å². The molecule has 1 N–H and O–H groups in total. The Labute approximate surface area is 162 Å². The zero-order chi connectivity index (χ0) is 19.3. The average Bonchev–Trinajstić information content (AvgIpc) is 3.29. The molecule has 1 aliphatic rings. The lowest BCUT2D eigenvalue weighted by Crippen LogP contribution is -2.49. The Morgan fingerprint density at radius 2 is 1.96 bits per heavy atom. The lowest BCUT2D eigenvalue weighted by molar-refractivity contribution is 0.0714. The van der Waals surface area contributed by atoms with Gasteiger partial charge in [0.05, 0.1) is 13.4 Å². The van der Waals surface area contributed by atoms with Gasteiger partial charge in [-0.3, -0.25) is 4.79 Å². The summed E-state index contributed by atoms with van der Waals surface area (Å²) in [6, 6.07) is 13.0. The van der Waals surface area contributed by atoms with Crippen molar-refractivity contribution in [3.05, 3.63) is 60.8 Å². The van der Waals surface area contributed by atoms with E-state index in [1.807, 2.05) is 30.3 Å². The molecule has 144 valence electrons. The molecule has 8 heteroatoms. The third kappa shape index (κ3) is 3.90. The van der Waals surface area contributed by atoms with Crippen LogP contribution in [0.15, 0.2) is 59.5 Å². The van der Waals surface area contributed by atoms with Crippen LogP contribution in [0.4, 0.5) is 17.3 Å². The van der Waals surface area contributed by atoms with E-state index in [0.29, 0.717) is 37.8 Å². The number of furan rings is 1. The van der Waals surface area contributed by atoms with Crippen LogP contribution in [-0.4, -0.2) is 54.1 Å². The Morgan fingerprint density at radius 1 is 1.11 bits per heavy atom. The SMILES string of the molecule is COc1cccc(Nc2cc(N3CCN(C(=O)c4ccco4)CC3)ncn2)c1. The maximum Gasteiger partial charge on any atom is 0.289 e. The van der Waals surface area contributed by atoms with E-state index in [-0.39, 0.29) is 5.91 Å². The molecule has 0 saturated carbocycles. The van der Waals surface area contributed by atoms with Crippen LogP contribution in [0.2, 0.25) is 0 Å². The van der Waals surface area contributed by atoms with Gasteiger partial charge in [-0.15, -0.1) is 0 Å². The summed E-state index contributed by atoms with van der Waals surface area (Å²) in [6.45, 7) is 2.62. The number of rotatable bonds is 5. The largest absolute Gasteiger partial charge is 0.497 e. The first-order valence-electron chi connectivity index (χ1n) is 9.04. The third-order valence-electron chi connectivity index (χ3n) is 4.62. The quantitative estimate of drug-likeness (QED) is 0.730. The van der Waals surface area contributed by atoms with E-state index in [1.54, 1.807) is 24.1 Å². The zero-order valence-corrected chi connectivity index (χ0v) is 15.5. The van der Waals surface area contributed by atoms with Crippen LogP contribution in [-0.2, 0) is 0 Å². The number of carbonyl (C=O) groups excluding carboxylic acids is 1. The van der Waals surface area contributed by atoms with E-state index in [4.69, 9.17) is 9.15 Å². The third-order valence-corrected chi connectivity index (χ3v) is 4.62. The Hall–Kier alpha value is -3.55. The van der Waals surface area contributed by atoms with Gasteiger partial charge in [-0.2, -0.15) is 0 Å². The summed E-state index contributed by atoms with van der Waals surface area (Å²) in [5.74, 6) is 2.60. The summed E-state index contributed by atoms with van der Waals surface area (Å²) in [6.07, 6.45) is 3.05. The highest BCUT2D eigenvalue weighted by Gasteiger charge is 2.24. The maximum atomic E-state index is 12.4. The second-order valence-corrected chi connectivity index (χ2v) is 6.37. The van der Waals surface area contributed by atoms with Crippen molar-refractivity contribution in [1.29, 1.82) is 0 Å². The fourth-order valence-electron chi connectivity index (χ4n) is 3.13. The molecule has 2 aromatic heterocycles. The van der Waals surface area contributed by atoms with Crippen molar-refractivity contribution < 1.29 is 13.9 Å². The molecule has 4 rings (SSSR count). The summed E-state index contributed by atoms with van der Waals surface area (Å²) in [5.41, 5.74) is 0.887. The number of hydrogen-bond donors (Lipinski definition) is 1. The summed E-state index contributed by atoms with van der Waals surface area (Å²) in [5, 5.41) is 3.27. The number of carbonyl (C=O) groups is 1. The van der Waals surface area contributed by atoms with Crippen LogP contribution in [0.25, 0.3) is 0 Å². The van der Waals surface area contributed by atoms with Gasteiger partial charge in [0.25, 0.3) is 5.91 Å². The van der Waals surface area contributed by atoms with Crippen LogP contribution in [0, 0.1) is 0 Å². The van der Waals surface area contributed by atoms with E-state index in [0.717, 1.165) is 17.3 Å². The second-order valence-electron chi connectivity index (χ2n) is 6.37. The van der Waals surface area contributed by atoms with Crippen molar-refractivity contribution in [1.82, 2.24) is 14.9 Å². The van der Waals surface area contributed by atoms with Crippen molar-refractivity contribution >= 4 is 23.2 Å². The van der Waals surface area contributed by atoms with Crippen LogP contribution >= 0.6 is 0 Å². The molecule has 3 heterocycles. The number of hydrogen-bond acceptors (Lipinski definition) is 7. The smallest absolute Gasteiger partial charge is 0.289 e. The fourth-order valence-corrected chi connectivity index (χ4v) is 3.13. The summed E-state index contributed by atoms with van der Waals surface area (Å²) in [7, 11) is 1.64. The molecule has 0 bridgehead atoms. The topological polar surface area (TPSA) is 83.7 Å². The normalized spacial score (nSPS) is 14.0. The van der Waals surface area contributed by atoms with Gasteiger partial charge in [0.15, 0.2) is 5.76 Å². The highest BCUT2D eigenvalue weighted by atomic mass is 16.5. The minimum atomic E-state index is -0.0762. The van der Waals surface area contributed by atoms with Gasteiger partial charge < -0.3 is 24.3 Å². The number of methoxy groups -OCH3 is 1. The van der Waals surface area contributed by atoms with E-state index in [2.05, 4.69) is 20.2 Å². The number of benzene rings is 1. The van der Waals surface area contributed by atoms with Gasteiger partial charge >= 0.3 is 0 Å². The molecule has 1 aliphatic heterocycles. The monoisotopic (exact) mass is 379 g/mol. The lowest BCUT2D eigenvalue weighted by atomic mass is 10.2. The van der Waals surface area contributed by atoms with Gasteiger partial charge in [-0.25, -0.2) is 9.97 Å². The first-order chi connectivity index (χ1) is 13.7. The van der Waals surface area contributed by atoms with Crippen molar-refractivity contribution in [2.45, 2.75) is 0 Å². The predicted molar refractivity (Wildman–Crippen MR) is 105 cm³/mol. The van der Waals surface area contributed by atoms with Crippen LogP contribution in [0.5, 0.6) is 5.75 Å². The molecule has 0 spiro atoms. The molecule has 1 saturated heterocycles. The average molecular weight is 379 g/mol. The number of nitrogens with one attached hydrogen (secondary N) is 1. The van der Waals surface area contributed by atoms with E-state index < -0.39 is 0 Å². The number of amides is 1. The number of anilines is 3. The number of aromatic nitrogens is 2. The first-order valence-corrected chi connectivity index (χ1v) is 9.04. The van der Waals surface area contributed by atoms with E-state index >= 15 is 0 Å². The van der Waals surface area contributed by atoms with Crippen LogP contribution < -0.4 is 15.0 Å². The van der Waals surface area contributed by atoms with Crippen molar-refractivity contribution in [3.8, 4) is 5.75 Å². The highest BCUT2D eigenvalue weighted by molar-refractivity contribution is 5.91. The number of ether oxygens (including phenoxy) is 1. The first kappa shape index (κ1) is 17.8. The van der Waals surface area contributed by atoms with Gasteiger partial charge in [-0.05, 0) is 24.3 Å². The van der Waals surface area contributed by atoms with Gasteiger partial charge in [0, 0.05) is 44.0 Å². The van der Waals surface area contributed by atoms with Gasteiger partial charge in [0.2, 0.25) is 0 Å². The molecular formula is C20H21N5O3. The lowest BCUT2D eigenvalue weighted by Gasteiger charge is -2.35. The summed E-state index contributed by atoms with van der Waals surface area (Å²) >= 11 is 0. The number of piperazine rings is 1. The molecule has 0 aliphatic carbocycles. The van der Waals surface area contributed by atoms with E-state index in [9.17, 15) is 4.79 Å².